The van der Waals surface area contributed by atoms with Gasteiger partial charge in [0.2, 0.25) is 0 Å². The molecule has 1 aromatic heterocycles. The molecular formula is C13H22N4O. The van der Waals surface area contributed by atoms with Gasteiger partial charge in [0.25, 0.3) is 0 Å². The quantitative estimate of drug-likeness (QED) is 0.769. The van der Waals surface area contributed by atoms with Gasteiger partial charge in [-0.25, -0.2) is 9.78 Å². The van der Waals surface area contributed by atoms with Crippen molar-refractivity contribution in [2.24, 2.45) is 0 Å². The largest absolute Gasteiger partial charge is 0.326 e. The van der Waals surface area contributed by atoms with Gasteiger partial charge in [0.05, 0.1) is 30.2 Å². The van der Waals surface area contributed by atoms with Gasteiger partial charge in [-0.3, -0.25) is 9.88 Å². The number of likely N-dealkylation sites (N-methyl/N-ethyl adjacent to an activating group) is 1. The molecule has 1 aliphatic rings. The minimum Gasteiger partial charge on any atom is -0.320 e. The third kappa shape index (κ3) is 2.60. The average Bonchev–Trinajstić information content (AvgIpc) is 2.57. The highest BCUT2D eigenvalue weighted by molar-refractivity contribution is 5.93. The van der Waals surface area contributed by atoms with Gasteiger partial charge in [-0.1, -0.05) is 13.8 Å². The first-order valence-electron chi connectivity index (χ1n) is 6.26. The molecule has 1 saturated heterocycles. The van der Waals surface area contributed by atoms with Crippen molar-refractivity contribution in [1.82, 2.24) is 14.9 Å². The van der Waals surface area contributed by atoms with E-state index in [-0.39, 0.29) is 11.6 Å². The minimum absolute atomic E-state index is 0.0249. The second-order valence-corrected chi connectivity index (χ2v) is 4.76. The van der Waals surface area contributed by atoms with Gasteiger partial charge in [0.15, 0.2) is 5.82 Å². The number of carbonyl (C=O) groups excluding carboxylic acids is 1. The standard InChI is InChI=1S/C11H16N4O.C2H6/c1-8-5-13-9(6-12-8)15-7-11(2,3)14(4)10(15)16;1-2/h5-6H,7H2,1-4H3;1-2H3. The fourth-order valence-electron chi connectivity index (χ4n) is 1.70. The first kappa shape index (κ1) is 14.4. The van der Waals surface area contributed by atoms with Crippen LogP contribution in [0.25, 0.3) is 0 Å². The van der Waals surface area contributed by atoms with E-state index in [0.29, 0.717) is 12.4 Å². The summed E-state index contributed by atoms with van der Waals surface area (Å²) in [4.78, 5) is 23.8. The number of rotatable bonds is 1. The smallest absolute Gasteiger partial charge is 0.320 e. The number of nitrogens with zero attached hydrogens (tertiary/aromatic N) is 4. The highest BCUT2D eigenvalue weighted by Crippen LogP contribution is 2.27. The van der Waals surface area contributed by atoms with Gasteiger partial charge in [-0.05, 0) is 20.8 Å². The number of hydrogen-bond donors (Lipinski definition) is 0. The molecule has 0 unspecified atom stereocenters. The van der Waals surface area contributed by atoms with Crippen molar-refractivity contribution in [2.75, 3.05) is 18.5 Å². The Balaban J connectivity index is 0.000000771. The maximum Gasteiger partial charge on any atom is 0.326 e. The Hall–Kier alpha value is -1.65. The van der Waals surface area contributed by atoms with Crippen LogP contribution in [-0.4, -0.2) is 40.0 Å². The first-order valence-corrected chi connectivity index (χ1v) is 6.26. The Labute approximate surface area is 109 Å². The van der Waals surface area contributed by atoms with E-state index in [1.165, 1.54) is 0 Å². The number of aryl methyl sites for hydroxylation is 1. The van der Waals surface area contributed by atoms with Gasteiger partial charge in [0.1, 0.15) is 0 Å². The van der Waals surface area contributed by atoms with Gasteiger partial charge < -0.3 is 4.90 Å². The predicted molar refractivity (Wildman–Crippen MR) is 72.7 cm³/mol. The highest BCUT2D eigenvalue weighted by Gasteiger charge is 2.41. The van der Waals surface area contributed by atoms with E-state index in [4.69, 9.17) is 0 Å². The molecule has 1 aromatic rings. The van der Waals surface area contributed by atoms with E-state index in [0.717, 1.165) is 5.69 Å². The molecule has 5 nitrogen and oxygen atoms in total. The number of aromatic nitrogens is 2. The van der Waals surface area contributed by atoms with E-state index in [1.54, 1.807) is 22.2 Å². The predicted octanol–water partition coefficient (Wildman–Crippen LogP) is 2.46. The van der Waals surface area contributed by atoms with E-state index in [2.05, 4.69) is 9.97 Å². The van der Waals surface area contributed by atoms with E-state index in [1.807, 2.05) is 41.7 Å². The topological polar surface area (TPSA) is 49.3 Å². The van der Waals surface area contributed by atoms with Crippen molar-refractivity contribution in [3.05, 3.63) is 18.1 Å². The summed E-state index contributed by atoms with van der Waals surface area (Å²) >= 11 is 0. The Kier molecular flexibility index (Phi) is 4.27. The molecule has 0 N–H and O–H groups in total. The molecule has 2 amide bonds. The molecular weight excluding hydrogens is 228 g/mol. The third-order valence-corrected chi connectivity index (χ3v) is 3.01. The van der Waals surface area contributed by atoms with E-state index < -0.39 is 0 Å². The monoisotopic (exact) mass is 250 g/mol. The number of carbonyl (C=O) groups is 1. The van der Waals surface area contributed by atoms with Crippen molar-refractivity contribution in [1.29, 1.82) is 0 Å². The lowest BCUT2D eigenvalue weighted by Crippen LogP contribution is -2.38. The summed E-state index contributed by atoms with van der Waals surface area (Å²) in [6.45, 7) is 10.6. The van der Waals surface area contributed by atoms with Crippen LogP contribution in [0, 0.1) is 6.92 Å². The number of urea groups is 1. The van der Waals surface area contributed by atoms with Crippen molar-refractivity contribution in [3.8, 4) is 0 Å². The van der Waals surface area contributed by atoms with E-state index in [9.17, 15) is 4.79 Å². The maximum atomic E-state index is 12.0. The molecule has 0 atom stereocenters. The van der Waals surface area contributed by atoms with Crippen LogP contribution in [0.4, 0.5) is 10.6 Å². The van der Waals surface area contributed by atoms with E-state index >= 15 is 0 Å². The molecule has 100 valence electrons. The Bertz CT molecular complexity index is 414. The lowest BCUT2D eigenvalue weighted by atomic mass is 10.1. The molecule has 1 fully saturated rings. The molecule has 0 spiro atoms. The van der Waals surface area contributed by atoms with Crippen LogP contribution < -0.4 is 4.90 Å². The Morgan fingerprint density at radius 3 is 2.22 bits per heavy atom. The van der Waals surface area contributed by atoms with Crippen molar-refractivity contribution in [2.45, 2.75) is 40.2 Å². The molecule has 1 aliphatic heterocycles. The fourth-order valence-corrected chi connectivity index (χ4v) is 1.70. The zero-order valence-electron chi connectivity index (χ0n) is 12.1. The zero-order chi connectivity index (χ0) is 13.9. The number of hydrogen-bond acceptors (Lipinski definition) is 3. The highest BCUT2D eigenvalue weighted by atomic mass is 16.2. The van der Waals surface area contributed by atoms with Gasteiger partial charge in [0, 0.05) is 7.05 Å². The summed E-state index contributed by atoms with van der Waals surface area (Å²) in [6.07, 6.45) is 3.32. The van der Waals surface area contributed by atoms with Crippen molar-refractivity contribution in [3.63, 3.8) is 0 Å². The van der Waals surface area contributed by atoms with Crippen LogP contribution >= 0.6 is 0 Å². The number of anilines is 1. The van der Waals surface area contributed by atoms with Crippen LogP contribution in [0.1, 0.15) is 33.4 Å². The molecule has 0 radical (unpaired) electrons. The maximum absolute atomic E-state index is 12.0. The fraction of sp³-hybridized carbons (Fsp3) is 0.615. The van der Waals surface area contributed by atoms with Gasteiger partial charge in [-0.2, -0.15) is 0 Å². The van der Waals surface area contributed by atoms with Gasteiger partial charge >= 0.3 is 6.03 Å². The molecule has 5 heteroatoms. The Morgan fingerprint density at radius 2 is 1.83 bits per heavy atom. The summed E-state index contributed by atoms with van der Waals surface area (Å²) in [5.41, 5.74) is 0.687. The Morgan fingerprint density at radius 1 is 1.22 bits per heavy atom. The molecule has 0 aromatic carbocycles. The van der Waals surface area contributed by atoms with Gasteiger partial charge in [-0.15, -0.1) is 0 Å². The molecule has 0 bridgehead atoms. The zero-order valence-corrected chi connectivity index (χ0v) is 12.1. The summed E-state index contributed by atoms with van der Waals surface area (Å²) < 4.78 is 0. The second-order valence-electron chi connectivity index (χ2n) is 4.76. The second kappa shape index (κ2) is 5.33. The van der Waals surface area contributed by atoms with Crippen molar-refractivity contribution < 1.29 is 4.79 Å². The van der Waals surface area contributed by atoms with Crippen LogP contribution in [0.5, 0.6) is 0 Å². The van der Waals surface area contributed by atoms with Crippen LogP contribution in [-0.2, 0) is 0 Å². The van der Waals surface area contributed by atoms with Crippen LogP contribution in [0.2, 0.25) is 0 Å². The van der Waals surface area contributed by atoms with Crippen LogP contribution in [0.15, 0.2) is 12.4 Å². The summed E-state index contributed by atoms with van der Waals surface area (Å²) in [5.74, 6) is 0.619. The first-order chi connectivity index (χ1) is 8.42. The number of amides is 2. The van der Waals surface area contributed by atoms with Crippen molar-refractivity contribution >= 4 is 11.8 Å². The minimum atomic E-state index is -0.163. The molecule has 0 aliphatic carbocycles. The summed E-state index contributed by atoms with van der Waals surface area (Å²) in [6, 6.07) is -0.0249. The average molecular weight is 250 g/mol. The van der Waals surface area contributed by atoms with Crippen LogP contribution in [0.3, 0.4) is 0 Å². The SMILES string of the molecule is CC.Cc1cnc(N2CC(C)(C)N(C)C2=O)cn1. The molecule has 0 saturated carbocycles. The normalized spacial score (nSPS) is 17.6. The molecule has 2 heterocycles. The lowest BCUT2D eigenvalue weighted by Gasteiger charge is -2.24. The third-order valence-electron chi connectivity index (χ3n) is 3.01. The lowest BCUT2D eigenvalue weighted by molar-refractivity contribution is 0.198. The molecule has 18 heavy (non-hydrogen) atoms. The molecule has 2 rings (SSSR count). The summed E-state index contributed by atoms with van der Waals surface area (Å²) in [7, 11) is 1.81. The summed E-state index contributed by atoms with van der Waals surface area (Å²) in [5, 5.41) is 0.